The third-order valence-corrected chi connectivity index (χ3v) is 5.17. The predicted molar refractivity (Wildman–Crippen MR) is 104 cm³/mol. The lowest BCUT2D eigenvalue weighted by atomic mass is 10.1. The normalized spacial score (nSPS) is 20.9. The van der Waals surface area contributed by atoms with Crippen LogP contribution in [0.1, 0.15) is 12.8 Å². The van der Waals surface area contributed by atoms with E-state index in [1.54, 1.807) is 53.4 Å². The topological polar surface area (TPSA) is 82.5 Å². The first-order valence-electron chi connectivity index (χ1n) is 9.52. The molecule has 0 saturated carbocycles. The molecular formula is C21H24N2O5. The van der Waals surface area contributed by atoms with E-state index in [0.29, 0.717) is 13.1 Å². The smallest absolute Gasteiger partial charge is 0.414 e. The fourth-order valence-corrected chi connectivity index (χ4v) is 3.67. The number of hydrogen-bond donors (Lipinski definition) is 2. The lowest BCUT2D eigenvalue weighted by molar-refractivity contribution is 0.0655. The van der Waals surface area contributed by atoms with E-state index in [2.05, 4.69) is 4.90 Å². The minimum absolute atomic E-state index is 0.153. The largest absolute Gasteiger partial charge is 0.508 e. The van der Waals surface area contributed by atoms with Gasteiger partial charge in [-0.15, -0.1) is 0 Å². The van der Waals surface area contributed by atoms with Crippen LogP contribution in [0.3, 0.4) is 0 Å². The predicted octanol–water partition coefficient (Wildman–Crippen LogP) is 2.97. The summed E-state index contributed by atoms with van der Waals surface area (Å²) in [7, 11) is 0. The van der Waals surface area contributed by atoms with Crippen molar-refractivity contribution in [2.45, 2.75) is 25.0 Å². The van der Waals surface area contributed by atoms with Crippen LogP contribution in [0.4, 0.5) is 10.5 Å². The van der Waals surface area contributed by atoms with Gasteiger partial charge in [-0.3, -0.25) is 9.80 Å². The number of anilines is 1. The van der Waals surface area contributed by atoms with Gasteiger partial charge in [0.2, 0.25) is 0 Å². The molecule has 28 heavy (non-hydrogen) atoms. The number of likely N-dealkylation sites (tertiary alicyclic amines) is 1. The summed E-state index contributed by atoms with van der Waals surface area (Å²) < 4.78 is 11.5. The summed E-state index contributed by atoms with van der Waals surface area (Å²) >= 11 is 0. The van der Waals surface area contributed by atoms with Crippen LogP contribution in [-0.4, -0.2) is 59.6 Å². The molecule has 2 aliphatic heterocycles. The fraction of sp³-hybridized carbons (Fsp3) is 0.381. The highest BCUT2D eigenvalue weighted by Crippen LogP contribution is 2.25. The van der Waals surface area contributed by atoms with Gasteiger partial charge < -0.3 is 19.7 Å². The van der Waals surface area contributed by atoms with Crippen molar-refractivity contribution in [3.63, 3.8) is 0 Å². The van der Waals surface area contributed by atoms with E-state index in [1.807, 2.05) is 0 Å². The maximum Gasteiger partial charge on any atom is 0.414 e. The number of carbonyl (C=O) groups excluding carboxylic acids is 1. The van der Waals surface area contributed by atoms with E-state index in [1.165, 1.54) is 0 Å². The molecule has 2 aromatic carbocycles. The molecule has 148 valence electrons. The maximum atomic E-state index is 12.2. The van der Waals surface area contributed by atoms with E-state index >= 15 is 0 Å². The molecule has 0 unspecified atom stereocenters. The highest BCUT2D eigenvalue weighted by Gasteiger charge is 2.34. The molecule has 7 heteroatoms. The first kappa shape index (κ1) is 18.4. The summed E-state index contributed by atoms with van der Waals surface area (Å²) in [6, 6.07) is 13.4. The lowest BCUT2D eigenvalue weighted by Crippen LogP contribution is -2.42. The van der Waals surface area contributed by atoms with Crippen LogP contribution in [-0.2, 0) is 4.74 Å². The Kier molecular flexibility index (Phi) is 5.25. The van der Waals surface area contributed by atoms with Crippen molar-refractivity contribution in [2.24, 2.45) is 0 Å². The van der Waals surface area contributed by atoms with Gasteiger partial charge >= 0.3 is 6.09 Å². The standard InChI is InChI=1S/C21H24N2O5/c24-16-3-1-15(2-4-16)23-14-20(28-21(23)26)13-22-11-9-19(10-12-22)27-18-7-5-17(25)6-8-18/h1-8,19-20,24-25H,9-14H2/t20-/m0/s1. The molecule has 4 rings (SSSR count). The third kappa shape index (κ3) is 4.31. The summed E-state index contributed by atoms with van der Waals surface area (Å²) in [5.41, 5.74) is 0.728. The molecular weight excluding hydrogens is 360 g/mol. The van der Waals surface area contributed by atoms with Gasteiger partial charge in [0.25, 0.3) is 0 Å². The Labute approximate surface area is 163 Å². The Morgan fingerprint density at radius 2 is 1.57 bits per heavy atom. The second-order valence-corrected chi connectivity index (χ2v) is 7.24. The molecule has 2 aromatic rings. The number of aromatic hydroxyl groups is 2. The summed E-state index contributed by atoms with van der Waals surface area (Å²) in [6.45, 7) is 2.98. The zero-order valence-electron chi connectivity index (χ0n) is 15.5. The van der Waals surface area contributed by atoms with Crippen LogP contribution < -0.4 is 9.64 Å². The molecule has 2 heterocycles. The van der Waals surface area contributed by atoms with E-state index in [4.69, 9.17) is 9.47 Å². The van der Waals surface area contributed by atoms with Crippen molar-refractivity contribution >= 4 is 11.8 Å². The van der Waals surface area contributed by atoms with E-state index in [-0.39, 0.29) is 29.8 Å². The average Bonchev–Trinajstić information content (AvgIpc) is 3.06. The molecule has 0 aliphatic carbocycles. The molecule has 2 aliphatic rings. The second-order valence-electron chi connectivity index (χ2n) is 7.24. The van der Waals surface area contributed by atoms with Gasteiger partial charge in [0.05, 0.1) is 6.54 Å². The Balaban J connectivity index is 1.25. The van der Waals surface area contributed by atoms with Crippen molar-refractivity contribution < 1.29 is 24.5 Å². The summed E-state index contributed by atoms with van der Waals surface area (Å²) in [4.78, 5) is 16.1. The number of rotatable bonds is 5. The van der Waals surface area contributed by atoms with Gasteiger partial charge in [0, 0.05) is 25.3 Å². The molecule has 0 radical (unpaired) electrons. The highest BCUT2D eigenvalue weighted by atomic mass is 16.6. The number of ether oxygens (including phenoxy) is 2. The second kappa shape index (κ2) is 7.98. The van der Waals surface area contributed by atoms with Gasteiger partial charge in [-0.1, -0.05) is 0 Å². The molecule has 0 aromatic heterocycles. The molecule has 0 spiro atoms. The number of benzene rings is 2. The average molecular weight is 384 g/mol. The van der Waals surface area contributed by atoms with Crippen LogP contribution in [0, 0.1) is 0 Å². The van der Waals surface area contributed by atoms with Crippen molar-refractivity contribution in [1.29, 1.82) is 0 Å². The van der Waals surface area contributed by atoms with Crippen molar-refractivity contribution in [3.8, 4) is 17.2 Å². The Morgan fingerprint density at radius 3 is 2.21 bits per heavy atom. The maximum absolute atomic E-state index is 12.2. The molecule has 0 bridgehead atoms. The van der Waals surface area contributed by atoms with Crippen LogP contribution in [0.5, 0.6) is 17.2 Å². The minimum atomic E-state index is -0.346. The molecule has 7 nitrogen and oxygen atoms in total. The van der Waals surface area contributed by atoms with Crippen LogP contribution in [0.25, 0.3) is 0 Å². The van der Waals surface area contributed by atoms with Crippen LogP contribution in [0.15, 0.2) is 48.5 Å². The summed E-state index contributed by atoms with van der Waals surface area (Å²) in [5, 5.41) is 18.7. The summed E-state index contributed by atoms with van der Waals surface area (Å²) in [5.74, 6) is 1.17. The van der Waals surface area contributed by atoms with Gasteiger partial charge in [-0.2, -0.15) is 0 Å². The number of cyclic esters (lactones) is 1. The van der Waals surface area contributed by atoms with Crippen molar-refractivity contribution in [3.05, 3.63) is 48.5 Å². The zero-order valence-corrected chi connectivity index (χ0v) is 15.5. The van der Waals surface area contributed by atoms with E-state index < -0.39 is 0 Å². The first-order chi connectivity index (χ1) is 13.6. The number of phenolic OH excluding ortho intramolecular Hbond substituents is 2. The van der Waals surface area contributed by atoms with E-state index in [0.717, 1.165) is 37.4 Å². The number of nitrogens with zero attached hydrogens (tertiary/aromatic N) is 2. The number of hydrogen-bond acceptors (Lipinski definition) is 6. The number of carbonyl (C=O) groups is 1. The number of amides is 1. The molecule has 2 saturated heterocycles. The minimum Gasteiger partial charge on any atom is -0.508 e. The fourth-order valence-electron chi connectivity index (χ4n) is 3.67. The van der Waals surface area contributed by atoms with Crippen LogP contribution >= 0.6 is 0 Å². The zero-order chi connectivity index (χ0) is 19.5. The monoisotopic (exact) mass is 384 g/mol. The highest BCUT2D eigenvalue weighted by molar-refractivity contribution is 5.89. The van der Waals surface area contributed by atoms with Crippen molar-refractivity contribution in [1.82, 2.24) is 4.90 Å². The Bertz CT molecular complexity index is 801. The molecule has 1 atom stereocenters. The Morgan fingerprint density at radius 1 is 0.964 bits per heavy atom. The molecule has 2 fully saturated rings. The van der Waals surface area contributed by atoms with E-state index in [9.17, 15) is 15.0 Å². The van der Waals surface area contributed by atoms with Gasteiger partial charge in [0.15, 0.2) is 0 Å². The Hall–Kier alpha value is -2.93. The van der Waals surface area contributed by atoms with Gasteiger partial charge in [-0.25, -0.2) is 4.79 Å². The first-order valence-corrected chi connectivity index (χ1v) is 9.52. The molecule has 1 amide bonds. The third-order valence-electron chi connectivity index (χ3n) is 5.17. The van der Waals surface area contributed by atoms with Crippen molar-refractivity contribution in [2.75, 3.05) is 31.1 Å². The lowest BCUT2D eigenvalue weighted by Gasteiger charge is -2.33. The molecule has 2 N–H and O–H groups in total. The summed E-state index contributed by atoms with van der Waals surface area (Å²) in [6.07, 6.45) is 1.45. The number of phenols is 2. The van der Waals surface area contributed by atoms with Gasteiger partial charge in [0.1, 0.15) is 29.5 Å². The quantitative estimate of drug-likeness (QED) is 0.825. The number of piperidine rings is 1. The van der Waals surface area contributed by atoms with Gasteiger partial charge in [-0.05, 0) is 61.4 Å². The SMILES string of the molecule is O=C1O[C@@H](CN2CCC(Oc3ccc(O)cc3)CC2)CN1c1ccc(O)cc1. The van der Waals surface area contributed by atoms with Crippen LogP contribution in [0.2, 0.25) is 0 Å².